The summed E-state index contributed by atoms with van der Waals surface area (Å²) < 4.78 is 5.47. The third-order valence-electron chi connectivity index (χ3n) is 5.42. The Balaban J connectivity index is 1.67. The lowest BCUT2D eigenvalue weighted by molar-refractivity contribution is -0.146. The Kier molecular flexibility index (Phi) is 4.68. The van der Waals surface area contributed by atoms with E-state index in [4.69, 9.17) is 4.74 Å². The first-order valence-electron chi connectivity index (χ1n) is 8.44. The van der Waals surface area contributed by atoms with Crippen molar-refractivity contribution in [2.24, 2.45) is 5.92 Å². The van der Waals surface area contributed by atoms with Crippen LogP contribution in [0.5, 0.6) is 0 Å². The molecule has 1 aliphatic carbocycles. The van der Waals surface area contributed by atoms with Gasteiger partial charge in [0.2, 0.25) is 5.91 Å². The lowest BCUT2D eigenvalue weighted by atomic mass is 9.85. The Morgan fingerprint density at radius 1 is 1.27 bits per heavy atom. The number of fused-ring (bicyclic) bond motifs is 1. The molecule has 0 spiro atoms. The van der Waals surface area contributed by atoms with Crippen molar-refractivity contribution in [1.82, 2.24) is 9.80 Å². The number of hydrogen-bond donors (Lipinski definition) is 1. The van der Waals surface area contributed by atoms with Crippen LogP contribution in [0.3, 0.4) is 0 Å². The molecule has 1 saturated carbocycles. The van der Waals surface area contributed by atoms with Crippen molar-refractivity contribution < 1.29 is 19.4 Å². The van der Waals surface area contributed by atoms with Gasteiger partial charge < -0.3 is 14.7 Å². The molecule has 0 bridgehead atoms. The van der Waals surface area contributed by atoms with Crippen molar-refractivity contribution in [3.8, 4) is 0 Å². The van der Waals surface area contributed by atoms with Crippen molar-refractivity contribution in [3.63, 3.8) is 0 Å². The summed E-state index contributed by atoms with van der Waals surface area (Å²) in [7, 11) is 0. The van der Waals surface area contributed by atoms with Gasteiger partial charge in [0.1, 0.15) is 6.04 Å². The van der Waals surface area contributed by atoms with Crippen molar-refractivity contribution in [3.05, 3.63) is 0 Å². The quantitative estimate of drug-likeness (QED) is 0.840. The number of rotatable bonds is 3. The Morgan fingerprint density at radius 2 is 2.05 bits per heavy atom. The van der Waals surface area contributed by atoms with Gasteiger partial charge in [-0.05, 0) is 32.1 Å². The third-order valence-corrected chi connectivity index (χ3v) is 5.42. The summed E-state index contributed by atoms with van der Waals surface area (Å²) in [5, 5.41) is 9.51. The summed E-state index contributed by atoms with van der Waals surface area (Å²) in [5.74, 6) is -0.281. The maximum absolute atomic E-state index is 12.6. The second-order valence-corrected chi connectivity index (χ2v) is 6.90. The molecule has 6 nitrogen and oxygen atoms in total. The molecule has 3 fully saturated rings. The molecule has 22 heavy (non-hydrogen) atoms. The smallest absolute Gasteiger partial charge is 0.320 e. The number of hydrogen-bond acceptors (Lipinski definition) is 4. The number of carbonyl (C=O) groups is 2. The Morgan fingerprint density at radius 3 is 2.77 bits per heavy atom. The minimum Gasteiger partial charge on any atom is -0.480 e. The molecule has 0 aromatic heterocycles. The number of aliphatic carboxylic acids is 1. The van der Waals surface area contributed by atoms with E-state index >= 15 is 0 Å². The largest absolute Gasteiger partial charge is 0.480 e. The summed E-state index contributed by atoms with van der Waals surface area (Å²) in [5.41, 5.74) is 0. The average Bonchev–Trinajstić information content (AvgIpc) is 2.86. The molecule has 4 atom stereocenters. The fourth-order valence-electron chi connectivity index (χ4n) is 4.32. The molecule has 0 radical (unpaired) electrons. The first kappa shape index (κ1) is 15.7. The fourth-order valence-corrected chi connectivity index (χ4v) is 4.32. The highest BCUT2D eigenvalue weighted by atomic mass is 16.5. The molecule has 0 aromatic rings. The first-order valence-corrected chi connectivity index (χ1v) is 8.44. The van der Waals surface area contributed by atoms with E-state index in [0.717, 1.165) is 19.3 Å². The normalized spacial score (nSPS) is 36.1. The summed E-state index contributed by atoms with van der Waals surface area (Å²) in [4.78, 5) is 27.9. The van der Waals surface area contributed by atoms with E-state index in [9.17, 15) is 14.7 Å². The van der Waals surface area contributed by atoms with Crippen molar-refractivity contribution in [2.75, 3.05) is 26.2 Å². The highest BCUT2D eigenvalue weighted by Gasteiger charge is 2.46. The third kappa shape index (κ3) is 3.13. The van der Waals surface area contributed by atoms with Gasteiger partial charge in [0, 0.05) is 19.1 Å². The number of nitrogens with zero attached hydrogens (tertiary/aromatic N) is 2. The molecule has 124 valence electrons. The highest BCUT2D eigenvalue weighted by Crippen LogP contribution is 2.39. The molecule has 1 N–H and O–H groups in total. The van der Waals surface area contributed by atoms with Crippen LogP contribution in [0.4, 0.5) is 0 Å². The molecular weight excluding hydrogens is 284 g/mol. The van der Waals surface area contributed by atoms with E-state index in [-0.39, 0.29) is 24.6 Å². The van der Waals surface area contributed by atoms with E-state index in [1.54, 1.807) is 0 Å². The van der Waals surface area contributed by atoms with Gasteiger partial charge in [-0.1, -0.05) is 12.8 Å². The summed E-state index contributed by atoms with van der Waals surface area (Å²) in [6, 6.07) is -0.215. The van der Waals surface area contributed by atoms with Crippen molar-refractivity contribution in [2.45, 2.75) is 57.2 Å². The molecule has 0 unspecified atom stereocenters. The zero-order valence-corrected chi connectivity index (χ0v) is 13.2. The van der Waals surface area contributed by atoms with E-state index in [1.165, 1.54) is 6.42 Å². The predicted molar refractivity (Wildman–Crippen MR) is 80.5 cm³/mol. The zero-order chi connectivity index (χ0) is 15.7. The van der Waals surface area contributed by atoms with E-state index < -0.39 is 12.0 Å². The summed E-state index contributed by atoms with van der Waals surface area (Å²) in [6.45, 7) is 4.00. The van der Waals surface area contributed by atoms with Crippen molar-refractivity contribution >= 4 is 11.9 Å². The molecule has 2 aliphatic heterocycles. The number of carboxylic acid groups (broad SMARTS) is 1. The standard InChI is InChI=1S/C16H26N2O4/c1-11-9-17(6-7-22-11)15(19)10-18-13-5-3-2-4-12(13)8-14(18)16(20)21/h11-14H,2-10H2,1H3,(H,20,21)/t11-,12+,13+,14+/m1/s1. The van der Waals surface area contributed by atoms with Gasteiger partial charge in [0.15, 0.2) is 0 Å². The number of carboxylic acids is 1. The zero-order valence-electron chi connectivity index (χ0n) is 13.2. The molecule has 6 heteroatoms. The van der Waals surface area contributed by atoms with Crippen LogP contribution in [0.2, 0.25) is 0 Å². The maximum Gasteiger partial charge on any atom is 0.320 e. The number of amides is 1. The minimum absolute atomic E-state index is 0.0487. The number of morpholine rings is 1. The molecule has 2 saturated heterocycles. The minimum atomic E-state index is -0.780. The Bertz CT molecular complexity index is 442. The van der Waals surface area contributed by atoms with Crippen LogP contribution in [0.1, 0.15) is 39.0 Å². The van der Waals surface area contributed by atoms with Crippen molar-refractivity contribution in [1.29, 1.82) is 0 Å². The van der Waals surface area contributed by atoms with Gasteiger partial charge in [-0.25, -0.2) is 0 Å². The maximum atomic E-state index is 12.6. The highest BCUT2D eigenvalue weighted by molar-refractivity contribution is 5.80. The van der Waals surface area contributed by atoms with Gasteiger partial charge in [0.05, 0.1) is 19.3 Å². The topological polar surface area (TPSA) is 70.1 Å². The van der Waals surface area contributed by atoms with Crippen LogP contribution in [0.15, 0.2) is 0 Å². The predicted octanol–water partition coefficient (Wildman–Crippen LogP) is 0.951. The van der Waals surface area contributed by atoms with E-state index in [1.807, 2.05) is 16.7 Å². The first-order chi connectivity index (χ1) is 10.6. The Labute approximate surface area is 131 Å². The molecule has 1 amide bonds. The van der Waals surface area contributed by atoms with Crippen LogP contribution >= 0.6 is 0 Å². The second-order valence-electron chi connectivity index (χ2n) is 6.90. The molecular formula is C16H26N2O4. The van der Waals surface area contributed by atoms with E-state index in [0.29, 0.717) is 32.0 Å². The summed E-state index contributed by atoms with van der Waals surface area (Å²) in [6.07, 6.45) is 5.24. The lowest BCUT2D eigenvalue weighted by Gasteiger charge is -2.36. The van der Waals surface area contributed by atoms with E-state index in [2.05, 4.69) is 0 Å². The number of carbonyl (C=O) groups excluding carboxylic acids is 1. The van der Waals surface area contributed by atoms with Crippen LogP contribution in [-0.2, 0) is 14.3 Å². The monoisotopic (exact) mass is 310 g/mol. The molecule has 3 aliphatic rings. The Hall–Kier alpha value is -1.14. The van der Waals surface area contributed by atoms with Gasteiger partial charge in [-0.3, -0.25) is 14.5 Å². The van der Waals surface area contributed by atoms with Crippen LogP contribution < -0.4 is 0 Å². The fraction of sp³-hybridized carbons (Fsp3) is 0.875. The average molecular weight is 310 g/mol. The van der Waals surface area contributed by atoms with Crippen LogP contribution in [-0.4, -0.2) is 71.2 Å². The van der Waals surface area contributed by atoms with Crippen LogP contribution in [0.25, 0.3) is 0 Å². The van der Waals surface area contributed by atoms with Gasteiger partial charge >= 0.3 is 5.97 Å². The van der Waals surface area contributed by atoms with Crippen LogP contribution in [0, 0.1) is 5.92 Å². The second kappa shape index (κ2) is 6.54. The molecule has 2 heterocycles. The number of likely N-dealkylation sites (tertiary alicyclic amines) is 1. The lowest BCUT2D eigenvalue weighted by Crippen LogP contribution is -2.52. The van der Waals surface area contributed by atoms with Gasteiger partial charge in [0.25, 0.3) is 0 Å². The van der Waals surface area contributed by atoms with Gasteiger partial charge in [-0.2, -0.15) is 0 Å². The molecule has 0 aromatic carbocycles. The number of ether oxygens (including phenoxy) is 1. The molecule has 3 rings (SSSR count). The summed E-state index contributed by atoms with van der Waals surface area (Å²) >= 11 is 0. The SMILES string of the molecule is C[C@@H]1CN(C(=O)CN2[C@H](C(=O)O)C[C@@H]3CCCC[C@@H]32)CCO1. The van der Waals surface area contributed by atoms with Gasteiger partial charge in [-0.15, -0.1) is 0 Å².